The van der Waals surface area contributed by atoms with Crippen molar-refractivity contribution in [3.8, 4) is 28.6 Å². The van der Waals surface area contributed by atoms with Crippen LogP contribution in [-0.4, -0.2) is 29.1 Å². The summed E-state index contributed by atoms with van der Waals surface area (Å²) in [4.78, 5) is 18.8. The lowest BCUT2D eigenvalue weighted by Gasteiger charge is -2.18. The first kappa shape index (κ1) is 31.9. The maximum atomic E-state index is 14.2. The average Bonchev–Trinajstić information content (AvgIpc) is 3.01. The van der Waals surface area contributed by atoms with E-state index in [1.165, 1.54) is 10.7 Å². The van der Waals surface area contributed by atoms with E-state index in [9.17, 15) is 9.18 Å². The molecule has 0 spiro atoms. The molecule has 0 fully saturated rings. The SMILES string of the molecule is CCOc1cc(C)c(-c2nc3ccccc3c(=O)n2N=Cc2cc(Br)c(OCc3ccccc3F)c(OCC)c2)cc1C(C)C. The third-order valence-corrected chi connectivity index (χ3v) is 7.85. The average molecular weight is 673 g/mol. The van der Waals surface area contributed by atoms with Gasteiger partial charge >= 0.3 is 0 Å². The third-order valence-electron chi connectivity index (χ3n) is 7.26. The molecule has 7 nitrogen and oxygen atoms in total. The largest absolute Gasteiger partial charge is 0.494 e. The molecule has 1 aromatic heterocycles. The molecule has 0 unspecified atom stereocenters. The van der Waals surface area contributed by atoms with E-state index < -0.39 is 0 Å². The maximum Gasteiger partial charge on any atom is 0.282 e. The highest BCUT2D eigenvalue weighted by Gasteiger charge is 2.19. The van der Waals surface area contributed by atoms with Gasteiger partial charge in [-0.3, -0.25) is 4.79 Å². The lowest BCUT2D eigenvalue weighted by Crippen LogP contribution is -2.21. The first-order valence-electron chi connectivity index (χ1n) is 14.9. The summed E-state index contributed by atoms with van der Waals surface area (Å²) in [5.74, 6) is 1.97. The van der Waals surface area contributed by atoms with Crippen LogP contribution in [0.2, 0.25) is 0 Å². The van der Waals surface area contributed by atoms with Crippen molar-refractivity contribution in [1.29, 1.82) is 0 Å². The van der Waals surface area contributed by atoms with Crippen molar-refractivity contribution in [1.82, 2.24) is 9.66 Å². The standard InChI is InChI=1S/C36H35BrFN3O4/c1-6-43-32-16-23(5)28(19-27(32)22(3)4)35-40-31-15-11-9-13-26(31)36(42)41(35)39-20-24-17-29(37)34(33(18-24)44-7-2)45-21-25-12-8-10-14-30(25)38/h8-20,22H,6-7,21H2,1-5H3. The van der Waals surface area contributed by atoms with Crippen molar-refractivity contribution >= 4 is 33.0 Å². The zero-order valence-electron chi connectivity index (χ0n) is 25.9. The highest BCUT2D eigenvalue weighted by molar-refractivity contribution is 9.10. The number of rotatable bonds is 11. The van der Waals surface area contributed by atoms with E-state index in [-0.39, 0.29) is 23.9 Å². The molecule has 4 aromatic carbocycles. The van der Waals surface area contributed by atoms with E-state index in [1.807, 2.05) is 51.1 Å². The van der Waals surface area contributed by atoms with E-state index in [1.54, 1.807) is 42.6 Å². The molecule has 0 saturated heterocycles. The second-order valence-corrected chi connectivity index (χ2v) is 11.6. The number of para-hydroxylation sites is 1. The van der Waals surface area contributed by atoms with Crippen LogP contribution in [0.3, 0.4) is 0 Å². The molecule has 0 aliphatic rings. The topological polar surface area (TPSA) is 74.9 Å². The second kappa shape index (κ2) is 14.1. The van der Waals surface area contributed by atoms with Crippen LogP contribution in [0.1, 0.15) is 55.9 Å². The molecule has 5 rings (SSSR count). The summed E-state index contributed by atoms with van der Waals surface area (Å²) in [6.07, 6.45) is 1.59. The Balaban J connectivity index is 1.60. The van der Waals surface area contributed by atoms with Crippen LogP contribution in [0, 0.1) is 12.7 Å². The molecule has 0 bridgehead atoms. The normalized spacial score (nSPS) is 11.5. The Morgan fingerprint density at radius 3 is 2.40 bits per heavy atom. The predicted molar refractivity (Wildman–Crippen MR) is 180 cm³/mol. The quantitative estimate of drug-likeness (QED) is 0.131. The van der Waals surface area contributed by atoms with Gasteiger partial charge in [0.2, 0.25) is 0 Å². The molecular formula is C36H35BrFN3O4. The molecule has 0 atom stereocenters. The lowest BCUT2D eigenvalue weighted by atomic mass is 9.96. The van der Waals surface area contributed by atoms with E-state index in [0.29, 0.717) is 57.0 Å². The zero-order chi connectivity index (χ0) is 32.1. The molecular weight excluding hydrogens is 637 g/mol. The molecule has 232 valence electrons. The fraction of sp³-hybridized carbons (Fsp3) is 0.250. The van der Waals surface area contributed by atoms with Crippen LogP contribution in [0.5, 0.6) is 17.2 Å². The monoisotopic (exact) mass is 671 g/mol. The Morgan fingerprint density at radius 1 is 0.956 bits per heavy atom. The lowest BCUT2D eigenvalue weighted by molar-refractivity contribution is 0.264. The number of aryl methyl sites for hydroxylation is 1. The van der Waals surface area contributed by atoms with Crippen LogP contribution in [0.25, 0.3) is 22.3 Å². The summed E-state index contributed by atoms with van der Waals surface area (Å²) in [5.41, 5.74) is 4.09. The Kier molecular flexibility index (Phi) is 9.98. The van der Waals surface area contributed by atoms with Gasteiger partial charge in [0.1, 0.15) is 18.2 Å². The molecule has 0 saturated carbocycles. The van der Waals surface area contributed by atoms with Crippen molar-refractivity contribution in [2.75, 3.05) is 13.2 Å². The molecule has 1 heterocycles. The van der Waals surface area contributed by atoms with Crippen molar-refractivity contribution in [2.24, 2.45) is 5.10 Å². The molecule has 0 N–H and O–H groups in total. The maximum absolute atomic E-state index is 14.2. The number of halogens is 2. The van der Waals surface area contributed by atoms with Gasteiger partial charge in [0.05, 0.1) is 34.8 Å². The molecule has 45 heavy (non-hydrogen) atoms. The van der Waals surface area contributed by atoms with Crippen LogP contribution < -0.4 is 19.8 Å². The smallest absolute Gasteiger partial charge is 0.282 e. The summed E-state index contributed by atoms with van der Waals surface area (Å²) < 4.78 is 34.0. The Labute approximate surface area is 270 Å². The van der Waals surface area contributed by atoms with Gasteiger partial charge in [0.15, 0.2) is 17.3 Å². The van der Waals surface area contributed by atoms with Gasteiger partial charge in [-0.2, -0.15) is 9.78 Å². The van der Waals surface area contributed by atoms with Crippen molar-refractivity contribution in [3.05, 3.63) is 116 Å². The number of hydrogen-bond donors (Lipinski definition) is 0. The molecule has 5 aromatic rings. The second-order valence-electron chi connectivity index (χ2n) is 10.7. The molecule has 0 aliphatic heterocycles. The minimum atomic E-state index is -0.344. The first-order valence-corrected chi connectivity index (χ1v) is 15.7. The Morgan fingerprint density at radius 2 is 1.67 bits per heavy atom. The zero-order valence-corrected chi connectivity index (χ0v) is 27.5. The minimum absolute atomic E-state index is 0.0279. The van der Waals surface area contributed by atoms with Crippen LogP contribution in [-0.2, 0) is 6.61 Å². The Hall–Kier alpha value is -4.50. The number of hydrogen-bond acceptors (Lipinski definition) is 6. The third kappa shape index (κ3) is 6.93. The number of ether oxygens (including phenoxy) is 3. The highest BCUT2D eigenvalue weighted by atomic mass is 79.9. The van der Waals surface area contributed by atoms with E-state index >= 15 is 0 Å². The fourth-order valence-electron chi connectivity index (χ4n) is 5.03. The minimum Gasteiger partial charge on any atom is -0.494 e. The van der Waals surface area contributed by atoms with E-state index in [4.69, 9.17) is 19.2 Å². The summed E-state index contributed by atoms with van der Waals surface area (Å²) >= 11 is 3.58. The predicted octanol–water partition coefficient (Wildman–Crippen LogP) is 8.66. The van der Waals surface area contributed by atoms with Crippen LogP contribution in [0.4, 0.5) is 4.39 Å². The van der Waals surface area contributed by atoms with Gasteiger partial charge in [0.25, 0.3) is 5.56 Å². The van der Waals surface area contributed by atoms with Gasteiger partial charge in [-0.25, -0.2) is 9.37 Å². The summed E-state index contributed by atoms with van der Waals surface area (Å²) in [5, 5.41) is 5.13. The van der Waals surface area contributed by atoms with Crippen LogP contribution >= 0.6 is 15.9 Å². The molecule has 9 heteroatoms. The number of aromatic nitrogens is 2. The van der Waals surface area contributed by atoms with Gasteiger partial charge in [-0.15, -0.1) is 0 Å². The number of nitrogens with zero attached hydrogens (tertiary/aromatic N) is 3. The van der Waals surface area contributed by atoms with Gasteiger partial charge in [0, 0.05) is 11.1 Å². The molecule has 0 radical (unpaired) electrons. The summed E-state index contributed by atoms with van der Waals surface area (Å²) in [6, 6.07) is 21.3. The van der Waals surface area contributed by atoms with E-state index in [2.05, 4.69) is 34.9 Å². The highest BCUT2D eigenvalue weighted by Crippen LogP contribution is 2.38. The summed E-state index contributed by atoms with van der Waals surface area (Å²) in [7, 11) is 0. The van der Waals surface area contributed by atoms with Gasteiger partial charge in [-0.1, -0.05) is 44.2 Å². The first-order chi connectivity index (χ1) is 21.7. The van der Waals surface area contributed by atoms with Crippen molar-refractivity contribution < 1.29 is 18.6 Å². The summed E-state index contributed by atoms with van der Waals surface area (Å²) in [6.45, 7) is 11.0. The molecule has 0 amide bonds. The van der Waals surface area contributed by atoms with Crippen molar-refractivity contribution in [2.45, 2.75) is 47.1 Å². The van der Waals surface area contributed by atoms with Crippen LogP contribution in [0.15, 0.2) is 87.2 Å². The fourth-order valence-corrected chi connectivity index (χ4v) is 5.61. The Bertz CT molecular complexity index is 1940. The number of fused-ring (bicyclic) bond motifs is 1. The van der Waals surface area contributed by atoms with Gasteiger partial charge in [-0.05, 0) is 102 Å². The van der Waals surface area contributed by atoms with Crippen molar-refractivity contribution in [3.63, 3.8) is 0 Å². The van der Waals surface area contributed by atoms with Gasteiger partial charge < -0.3 is 14.2 Å². The number of benzene rings is 4. The van der Waals surface area contributed by atoms with E-state index in [0.717, 1.165) is 22.4 Å². The molecule has 0 aliphatic carbocycles.